The van der Waals surface area contributed by atoms with Crippen LogP contribution < -0.4 is 10.2 Å². The molecule has 0 bridgehead atoms. The number of carbonyl (C=O) groups is 1. The number of benzene rings is 2. The molecule has 0 aromatic heterocycles. The van der Waals surface area contributed by atoms with Gasteiger partial charge >= 0.3 is 0 Å². The smallest absolute Gasteiger partial charge is 0.243 e. The van der Waals surface area contributed by atoms with Gasteiger partial charge in [-0.15, -0.1) is 11.8 Å². The lowest BCUT2D eigenvalue weighted by Crippen LogP contribution is -2.36. The van der Waals surface area contributed by atoms with Gasteiger partial charge in [-0.05, 0) is 35.7 Å². The molecule has 3 rings (SSSR count). The Morgan fingerprint density at radius 3 is 2.65 bits per heavy atom. The molecule has 120 valence electrons. The molecule has 0 radical (unpaired) electrons. The van der Waals surface area contributed by atoms with Crippen LogP contribution in [-0.4, -0.2) is 24.7 Å². The van der Waals surface area contributed by atoms with E-state index in [2.05, 4.69) is 48.3 Å². The van der Waals surface area contributed by atoms with Crippen molar-refractivity contribution in [2.75, 3.05) is 29.1 Å². The quantitative estimate of drug-likeness (QED) is 0.906. The number of rotatable bonds is 4. The largest absolute Gasteiger partial charge is 0.360 e. The summed E-state index contributed by atoms with van der Waals surface area (Å²) in [7, 11) is 0. The van der Waals surface area contributed by atoms with Crippen LogP contribution in [0.1, 0.15) is 25.3 Å². The van der Waals surface area contributed by atoms with Gasteiger partial charge in [-0.2, -0.15) is 0 Å². The van der Waals surface area contributed by atoms with E-state index in [0.29, 0.717) is 12.5 Å². The lowest BCUT2D eigenvalue weighted by Gasteiger charge is -2.30. The average Bonchev–Trinajstić information content (AvgIpc) is 2.55. The molecule has 0 atom stereocenters. The summed E-state index contributed by atoms with van der Waals surface area (Å²) < 4.78 is 0. The molecular formula is C19H22N2OS. The lowest BCUT2D eigenvalue weighted by molar-refractivity contribution is -0.115. The fraction of sp³-hybridized carbons (Fsp3) is 0.316. The molecule has 3 nitrogen and oxygen atoms in total. The normalized spacial score (nSPS) is 13.8. The number of thioether (sulfide) groups is 1. The van der Waals surface area contributed by atoms with Crippen molar-refractivity contribution >= 4 is 29.0 Å². The molecule has 0 saturated heterocycles. The molecule has 1 heterocycles. The van der Waals surface area contributed by atoms with Crippen LogP contribution in [0, 0.1) is 0 Å². The first-order chi connectivity index (χ1) is 11.1. The fourth-order valence-electron chi connectivity index (χ4n) is 2.72. The molecule has 0 unspecified atom stereocenters. The summed E-state index contributed by atoms with van der Waals surface area (Å²) in [6.45, 7) is 5.63. The summed E-state index contributed by atoms with van der Waals surface area (Å²) in [5.74, 6) is 1.55. The monoisotopic (exact) mass is 326 g/mol. The number of carbonyl (C=O) groups excluding carboxylic acids is 1. The van der Waals surface area contributed by atoms with Gasteiger partial charge in [0.1, 0.15) is 0 Å². The first kappa shape index (κ1) is 15.9. The third-order valence-corrected chi connectivity index (χ3v) is 5.06. The van der Waals surface area contributed by atoms with Crippen LogP contribution in [0.3, 0.4) is 0 Å². The van der Waals surface area contributed by atoms with Gasteiger partial charge < -0.3 is 10.2 Å². The zero-order valence-corrected chi connectivity index (χ0v) is 14.4. The minimum absolute atomic E-state index is 0.0315. The van der Waals surface area contributed by atoms with Gasteiger partial charge in [0.15, 0.2) is 0 Å². The molecule has 0 saturated carbocycles. The summed E-state index contributed by atoms with van der Waals surface area (Å²) in [6, 6.07) is 16.4. The summed E-state index contributed by atoms with van der Waals surface area (Å²) >= 11 is 1.85. The fourth-order valence-corrected chi connectivity index (χ4v) is 3.77. The summed E-state index contributed by atoms with van der Waals surface area (Å²) in [4.78, 5) is 15.8. The molecule has 0 fully saturated rings. The summed E-state index contributed by atoms with van der Waals surface area (Å²) in [6.07, 6.45) is 0. The predicted molar refractivity (Wildman–Crippen MR) is 98.5 cm³/mol. The molecule has 1 amide bonds. The minimum Gasteiger partial charge on any atom is -0.360 e. The van der Waals surface area contributed by atoms with E-state index >= 15 is 0 Å². The van der Waals surface area contributed by atoms with Crippen LogP contribution in [0.15, 0.2) is 53.4 Å². The van der Waals surface area contributed by atoms with Crippen molar-refractivity contribution in [2.45, 2.75) is 24.7 Å². The third-order valence-electron chi connectivity index (χ3n) is 4.02. The first-order valence-electron chi connectivity index (χ1n) is 8.00. The number of nitrogens with zero attached hydrogens (tertiary/aromatic N) is 1. The zero-order valence-electron chi connectivity index (χ0n) is 13.6. The topological polar surface area (TPSA) is 32.3 Å². The Hall–Kier alpha value is -1.94. The van der Waals surface area contributed by atoms with Crippen molar-refractivity contribution in [1.29, 1.82) is 0 Å². The van der Waals surface area contributed by atoms with Crippen molar-refractivity contribution in [3.63, 3.8) is 0 Å². The number of nitrogens with one attached hydrogen (secondary N) is 1. The van der Waals surface area contributed by atoms with Gasteiger partial charge in [0.2, 0.25) is 5.91 Å². The molecule has 0 aliphatic carbocycles. The zero-order chi connectivity index (χ0) is 16.2. The van der Waals surface area contributed by atoms with Gasteiger partial charge in [-0.3, -0.25) is 4.79 Å². The van der Waals surface area contributed by atoms with E-state index in [4.69, 9.17) is 0 Å². The van der Waals surface area contributed by atoms with E-state index < -0.39 is 0 Å². The number of anilines is 2. The highest BCUT2D eigenvalue weighted by Crippen LogP contribution is 2.34. The SMILES string of the molecule is CC(C)c1ccc(NC(=O)CN2CCSc3ccccc32)cc1. The van der Waals surface area contributed by atoms with Gasteiger partial charge in [0.25, 0.3) is 0 Å². The van der Waals surface area contributed by atoms with E-state index in [1.165, 1.54) is 10.5 Å². The van der Waals surface area contributed by atoms with E-state index in [1.54, 1.807) is 0 Å². The third kappa shape index (κ3) is 3.88. The Kier molecular flexibility index (Phi) is 4.91. The molecule has 23 heavy (non-hydrogen) atoms. The van der Waals surface area contributed by atoms with Gasteiger partial charge in [-0.25, -0.2) is 0 Å². The number of hydrogen-bond donors (Lipinski definition) is 1. The minimum atomic E-state index is 0.0315. The average molecular weight is 326 g/mol. The van der Waals surface area contributed by atoms with Crippen molar-refractivity contribution in [2.24, 2.45) is 0 Å². The Balaban J connectivity index is 1.64. The maximum Gasteiger partial charge on any atom is 0.243 e. The lowest BCUT2D eigenvalue weighted by atomic mass is 10.0. The Labute approximate surface area is 142 Å². The molecule has 2 aromatic rings. The highest BCUT2D eigenvalue weighted by Gasteiger charge is 2.19. The van der Waals surface area contributed by atoms with E-state index in [1.807, 2.05) is 36.0 Å². The maximum atomic E-state index is 12.3. The second kappa shape index (κ2) is 7.09. The molecule has 1 aliphatic heterocycles. The molecule has 1 aliphatic rings. The predicted octanol–water partition coefficient (Wildman–Crippen LogP) is 4.36. The Bertz CT molecular complexity index is 682. The second-order valence-corrected chi connectivity index (χ2v) is 7.20. The first-order valence-corrected chi connectivity index (χ1v) is 8.98. The van der Waals surface area contributed by atoms with Crippen LogP contribution in [0.4, 0.5) is 11.4 Å². The molecular weight excluding hydrogens is 304 g/mol. The van der Waals surface area contributed by atoms with E-state index in [0.717, 1.165) is 23.7 Å². The molecule has 4 heteroatoms. The van der Waals surface area contributed by atoms with Crippen LogP contribution in [0.2, 0.25) is 0 Å². The van der Waals surface area contributed by atoms with Crippen molar-refractivity contribution in [1.82, 2.24) is 0 Å². The highest BCUT2D eigenvalue weighted by atomic mass is 32.2. The molecule has 2 aromatic carbocycles. The van der Waals surface area contributed by atoms with E-state index in [9.17, 15) is 4.79 Å². The van der Waals surface area contributed by atoms with E-state index in [-0.39, 0.29) is 5.91 Å². The highest BCUT2D eigenvalue weighted by molar-refractivity contribution is 7.99. The second-order valence-electron chi connectivity index (χ2n) is 6.06. The Morgan fingerprint density at radius 1 is 1.17 bits per heavy atom. The van der Waals surface area contributed by atoms with Crippen LogP contribution in [0.5, 0.6) is 0 Å². The van der Waals surface area contributed by atoms with Gasteiger partial charge in [-0.1, -0.05) is 38.1 Å². The van der Waals surface area contributed by atoms with Gasteiger partial charge in [0.05, 0.1) is 12.2 Å². The molecule has 1 N–H and O–H groups in total. The number of fused-ring (bicyclic) bond motifs is 1. The number of amides is 1. The summed E-state index contributed by atoms with van der Waals surface area (Å²) in [5, 5.41) is 3.00. The van der Waals surface area contributed by atoms with Crippen molar-refractivity contribution in [3.05, 3.63) is 54.1 Å². The van der Waals surface area contributed by atoms with Crippen LogP contribution in [0.25, 0.3) is 0 Å². The van der Waals surface area contributed by atoms with Crippen molar-refractivity contribution in [3.8, 4) is 0 Å². The summed E-state index contributed by atoms with van der Waals surface area (Å²) in [5.41, 5.74) is 3.30. The van der Waals surface area contributed by atoms with Crippen LogP contribution in [-0.2, 0) is 4.79 Å². The van der Waals surface area contributed by atoms with Crippen molar-refractivity contribution < 1.29 is 4.79 Å². The van der Waals surface area contributed by atoms with Gasteiger partial charge in [0, 0.05) is 22.9 Å². The molecule has 0 spiro atoms. The standard InChI is InChI=1S/C19H22N2OS/c1-14(2)15-7-9-16(10-8-15)20-19(22)13-21-11-12-23-18-6-4-3-5-17(18)21/h3-10,14H,11-13H2,1-2H3,(H,20,22). The number of para-hydroxylation sites is 1. The Morgan fingerprint density at radius 2 is 1.91 bits per heavy atom. The number of hydrogen-bond acceptors (Lipinski definition) is 3. The maximum absolute atomic E-state index is 12.3. The van der Waals surface area contributed by atoms with Crippen LogP contribution >= 0.6 is 11.8 Å².